The Hall–Kier alpha value is -4.21. The van der Waals surface area contributed by atoms with E-state index in [-0.39, 0.29) is 10.7 Å². The summed E-state index contributed by atoms with van der Waals surface area (Å²) in [5, 5.41) is 7.25. The molecular weight excluding hydrogens is 479 g/mol. The Morgan fingerprint density at radius 3 is 2.31 bits per heavy atom. The highest BCUT2D eigenvalue weighted by atomic mass is 32.2. The van der Waals surface area contributed by atoms with Crippen molar-refractivity contribution in [2.24, 2.45) is 0 Å². The minimum absolute atomic E-state index is 0.119. The van der Waals surface area contributed by atoms with Gasteiger partial charge in [-0.1, -0.05) is 6.07 Å². The van der Waals surface area contributed by atoms with Crippen molar-refractivity contribution in [1.82, 2.24) is 14.3 Å². The Labute approximate surface area is 208 Å². The molecule has 0 aliphatic carbocycles. The monoisotopic (exact) mass is 502 g/mol. The molecule has 36 heavy (non-hydrogen) atoms. The van der Waals surface area contributed by atoms with Gasteiger partial charge in [-0.2, -0.15) is 0 Å². The van der Waals surface area contributed by atoms with E-state index in [9.17, 15) is 12.8 Å². The molecule has 0 radical (unpaired) electrons. The molecule has 0 saturated heterocycles. The number of hydrogen-bond acceptors (Lipinski definition) is 6. The van der Waals surface area contributed by atoms with Crippen LogP contribution in [0.1, 0.15) is 5.56 Å². The molecule has 0 atom stereocenters. The van der Waals surface area contributed by atoms with Gasteiger partial charge >= 0.3 is 0 Å². The Kier molecular flexibility index (Phi) is 6.41. The summed E-state index contributed by atoms with van der Waals surface area (Å²) < 4.78 is 46.9. The van der Waals surface area contributed by atoms with Crippen LogP contribution in [0.25, 0.3) is 10.9 Å². The van der Waals surface area contributed by atoms with Crippen LogP contribution in [-0.4, -0.2) is 24.4 Å². The summed E-state index contributed by atoms with van der Waals surface area (Å²) in [5.74, 6) is 0.822. The molecule has 2 N–H and O–H groups in total. The molecule has 5 aromatic rings. The minimum Gasteiger partial charge on any atom is -0.457 e. The lowest BCUT2D eigenvalue weighted by Crippen LogP contribution is -2.12. The van der Waals surface area contributed by atoms with Gasteiger partial charge in [0.1, 0.15) is 22.2 Å². The molecule has 9 heteroatoms. The van der Waals surface area contributed by atoms with Crippen LogP contribution in [-0.2, 0) is 16.6 Å². The predicted octanol–water partition coefficient (Wildman–Crippen LogP) is 5.67. The lowest BCUT2D eigenvalue weighted by atomic mass is 10.1. The van der Waals surface area contributed by atoms with Crippen LogP contribution >= 0.6 is 0 Å². The largest absolute Gasteiger partial charge is 0.457 e. The third kappa shape index (κ3) is 4.79. The first-order valence-corrected chi connectivity index (χ1v) is 12.6. The number of rotatable bonds is 8. The summed E-state index contributed by atoms with van der Waals surface area (Å²) in [6.07, 6.45) is 4.53. The van der Waals surface area contributed by atoms with Gasteiger partial charge in [-0.15, -0.1) is 0 Å². The van der Waals surface area contributed by atoms with Crippen LogP contribution in [0.5, 0.6) is 11.5 Å². The molecular formula is C27H23FN4O3S. The molecule has 0 aliphatic rings. The second kappa shape index (κ2) is 9.80. The van der Waals surface area contributed by atoms with Crippen molar-refractivity contribution in [2.45, 2.75) is 11.4 Å². The number of anilines is 2. The molecule has 0 saturated carbocycles. The number of fused-ring (bicyclic) bond motifs is 1. The van der Waals surface area contributed by atoms with Crippen LogP contribution in [0.3, 0.4) is 0 Å². The van der Waals surface area contributed by atoms with Gasteiger partial charge in [0, 0.05) is 41.9 Å². The SMILES string of the molecule is CNCc1cn(S(=O)(=O)c2cccnc2)c2cc(Nc3ccc(Oc4ccc(F)cc4)cc3)ccc12. The highest BCUT2D eigenvalue weighted by Crippen LogP contribution is 2.30. The van der Waals surface area contributed by atoms with Gasteiger partial charge in [0.15, 0.2) is 0 Å². The summed E-state index contributed by atoms with van der Waals surface area (Å²) in [5.41, 5.74) is 2.95. The number of aromatic nitrogens is 2. The van der Waals surface area contributed by atoms with Gasteiger partial charge in [0.25, 0.3) is 10.0 Å². The van der Waals surface area contributed by atoms with Crippen LogP contribution in [0, 0.1) is 5.82 Å². The number of pyridine rings is 1. The van der Waals surface area contributed by atoms with Gasteiger partial charge in [0.2, 0.25) is 0 Å². The zero-order valence-corrected chi connectivity index (χ0v) is 20.2. The summed E-state index contributed by atoms with van der Waals surface area (Å²) in [6, 6.07) is 21.9. The van der Waals surface area contributed by atoms with E-state index < -0.39 is 10.0 Å². The Balaban J connectivity index is 1.44. The Morgan fingerprint density at radius 2 is 1.64 bits per heavy atom. The standard InChI is InChI=1S/C27H23FN4O3S/c1-29-16-19-18-32(36(33,34)25-3-2-14-30-17-25)27-15-22(8-13-26(19)27)31-21-6-11-24(12-7-21)35-23-9-4-20(28)5-10-23/h2-15,17-18,29,31H,16H2,1H3. The van der Waals surface area contributed by atoms with Gasteiger partial charge < -0.3 is 15.4 Å². The Bertz CT molecular complexity index is 1600. The van der Waals surface area contributed by atoms with E-state index in [0.29, 0.717) is 23.6 Å². The van der Waals surface area contributed by atoms with E-state index in [1.165, 1.54) is 34.6 Å². The number of halogens is 1. The molecule has 0 bridgehead atoms. The van der Waals surface area contributed by atoms with Crippen molar-refractivity contribution in [3.05, 3.63) is 109 Å². The van der Waals surface area contributed by atoms with E-state index in [1.807, 2.05) is 37.4 Å². The number of nitrogens with one attached hydrogen (secondary N) is 2. The van der Waals surface area contributed by atoms with Gasteiger partial charge in [-0.25, -0.2) is 16.8 Å². The summed E-state index contributed by atoms with van der Waals surface area (Å²) in [6.45, 7) is 0.522. The van der Waals surface area contributed by atoms with E-state index in [1.54, 1.807) is 36.5 Å². The fourth-order valence-corrected chi connectivity index (χ4v) is 5.25. The van der Waals surface area contributed by atoms with Crippen molar-refractivity contribution >= 4 is 32.3 Å². The predicted molar refractivity (Wildman–Crippen MR) is 138 cm³/mol. The van der Waals surface area contributed by atoms with E-state index in [2.05, 4.69) is 15.6 Å². The molecule has 0 unspecified atom stereocenters. The lowest BCUT2D eigenvalue weighted by molar-refractivity contribution is 0.480. The van der Waals surface area contributed by atoms with Crippen LogP contribution < -0.4 is 15.4 Å². The molecule has 2 aromatic heterocycles. The number of nitrogens with zero attached hydrogens (tertiary/aromatic N) is 2. The Morgan fingerprint density at radius 1 is 0.944 bits per heavy atom. The lowest BCUT2D eigenvalue weighted by Gasteiger charge is -2.11. The van der Waals surface area contributed by atoms with E-state index in [4.69, 9.17) is 4.74 Å². The fraction of sp³-hybridized carbons (Fsp3) is 0.0741. The van der Waals surface area contributed by atoms with E-state index >= 15 is 0 Å². The molecule has 2 heterocycles. The maximum absolute atomic E-state index is 13.4. The van der Waals surface area contributed by atoms with Gasteiger partial charge in [-0.05, 0) is 85.4 Å². The van der Waals surface area contributed by atoms with Crippen molar-refractivity contribution in [2.75, 3.05) is 12.4 Å². The quantitative estimate of drug-likeness (QED) is 0.285. The molecule has 7 nitrogen and oxygen atoms in total. The van der Waals surface area contributed by atoms with Crippen LogP contribution in [0.2, 0.25) is 0 Å². The molecule has 0 aliphatic heterocycles. The molecule has 3 aromatic carbocycles. The van der Waals surface area contributed by atoms with E-state index in [0.717, 1.165) is 22.3 Å². The first kappa shape index (κ1) is 23.5. The fourth-order valence-electron chi connectivity index (χ4n) is 3.90. The van der Waals surface area contributed by atoms with Gasteiger partial charge in [0.05, 0.1) is 5.52 Å². The second-order valence-electron chi connectivity index (χ2n) is 8.11. The maximum Gasteiger partial charge on any atom is 0.269 e. The first-order valence-electron chi connectivity index (χ1n) is 11.2. The second-order valence-corrected chi connectivity index (χ2v) is 9.93. The normalized spacial score (nSPS) is 11.5. The zero-order valence-electron chi connectivity index (χ0n) is 19.4. The molecule has 0 amide bonds. The third-order valence-electron chi connectivity index (χ3n) is 5.60. The topological polar surface area (TPSA) is 85.2 Å². The zero-order chi connectivity index (χ0) is 25.1. The number of ether oxygens (including phenoxy) is 1. The maximum atomic E-state index is 13.4. The van der Waals surface area contributed by atoms with Crippen molar-refractivity contribution in [3.8, 4) is 11.5 Å². The molecule has 0 spiro atoms. The van der Waals surface area contributed by atoms with Crippen molar-refractivity contribution < 1.29 is 17.5 Å². The summed E-state index contributed by atoms with van der Waals surface area (Å²) in [7, 11) is -2.01. The third-order valence-corrected chi connectivity index (χ3v) is 7.26. The van der Waals surface area contributed by atoms with Crippen LogP contribution in [0.4, 0.5) is 15.8 Å². The smallest absolute Gasteiger partial charge is 0.269 e. The summed E-state index contributed by atoms with van der Waals surface area (Å²) >= 11 is 0. The highest BCUT2D eigenvalue weighted by molar-refractivity contribution is 7.90. The van der Waals surface area contributed by atoms with Crippen molar-refractivity contribution in [3.63, 3.8) is 0 Å². The van der Waals surface area contributed by atoms with Crippen molar-refractivity contribution in [1.29, 1.82) is 0 Å². The number of hydrogen-bond donors (Lipinski definition) is 2. The average molecular weight is 503 g/mol. The van der Waals surface area contributed by atoms with Crippen LogP contribution in [0.15, 0.2) is 102 Å². The summed E-state index contributed by atoms with van der Waals surface area (Å²) in [4.78, 5) is 4.08. The average Bonchev–Trinajstić information content (AvgIpc) is 3.26. The molecule has 5 rings (SSSR count). The number of benzene rings is 3. The first-order chi connectivity index (χ1) is 17.4. The molecule has 182 valence electrons. The minimum atomic E-state index is -3.83. The molecule has 0 fully saturated rings. The highest BCUT2D eigenvalue weighted by Gasteiger charge is 2.21. The van der Waals surface area contributed by atoms with Gasteiger partial charge in [-0.3, -0.25) is 4.98 Å².